The minimum Gasteiger partial charge on any atom is -0.341 e. The highest BCUT2D eigenvalue weighted by Crippen LogP contribution is 2.18. The molecule has 0 spiro atoms. The molecule has 2 N–H and O–H groups in total. The number of likely N-dealkylation sites (tertiary alicyclic amines) is 1. The van der Waals surface area contributed by atoms with Crippen LogP contribution in [0.15, 0.2) is 24.3 Å². The van der Waals surface area contributed by atoms with Gasteiger partial charge in [0, 0.05) is 18.7 Å². The molecule has 1 aromatic rings. The number of hydrogen-bond acceptors (Lipinski definition) is 3. The van der Waals surface area contributed by atoms with Gasteiger partial charge in [-0.2, -0.15) is 0 Å². The first-order valence-corrected chi connectivity index (χ1v) is 8.73. The van der Waals surface area contributed by atoms with Crippen molar-refractivity contribution in [3.63, 3.8) is 0 Å². The Labute approximate surface area is 144 Å². The van der Waals surface area contributed by atoms with E-state index in [1.54, 1.807) is 12.1 Å². The van der Waals surface area contributed by atoms with Crippen molar-refractivity contribution in [2.24, 2.45) is 11.8 Å². The quantitative estimate of drug-likeness (QED) is 0.836. The number of benzene rings is 1. The minimum absolute atomic E-state index is 0.0315. The fraction of sp³-hybridized carbons (Fsp3) is 0.579. The van der Waals surface area contributed by atoms with Gasteiger partial charge in [0.2, 0.25) is 5.91 Å². The third-order valence-corrected chi connectivity index (χ3v) is 4.62. The summed E-state index contributed by atoms with van der Waals surface area (Å²) in [6.45, 7) is 8.39. The van der Waals surface area contributed by atoms with Crippen molar-refractivity contribution in [1.29, 1.82) is 0 Å². The van der Waals surface area contributed by atoms with Crippen LogP contribution in [0.25, 0.3) is 0 Å². The lowest BCUT2D eigenvalue weighted by atomic mass is 10.0. The predicted molar refractivity (Wildman–Crippen MR) is 95.9 cm³/mol. The molecule has 2 amide bonds. The van der Waals surface area contributed by atoms with Crippen LogP contribution in [-0.2, 0) is 4.79 Å². The van der Waals surface area contributed by atoms with Crippen LogP contribution >= 0.6 is 0 Å². The van der Waals surface area contributed by atoms with Gasteiger partial charge in [0.15, 0.2) is 0 Å². The summed E-state index contributed by atoms with van der Waals surface area (Å²) in [4.78, 5) is 27.2. The van der Waals surface area contributed by atoms with Crippen LogP contribution in [0.4, 0.5) is 0 Å². The van der Waals surface area contributed by atoms with Crippen molar-refractivity contribution in [3.8, 4) is 0 Å². The lowest BCUT2D eigenvalue weighted by Gasteiger charge is -2.27. The fourth-order valence-corrected chi connectivity index (χ4v) is 3.13. The van der Waals surface area contributed by atoms with Crippen molar-refractivity contribution in [2.45, 2.75) is 33.2 Å². The van der Waals surface area contributed by atoms with E-state index in [4.69, 9.17) is 0 Å². The first-order chi connectivity index (χ1) is 11.4. The number of nitrogens with zero attached hydrogens (tertiary/aromatic N) is 1. The fourth-order valence-electron chi connectivity index (χ4n) is 3.13. The van der Waals surface area contributed by atoms with E-state index in [2.05, 4.69) is 10.6 Å². The molecule has 5 nitrogen and oxygen atoms in total. The first kappa shape index (κ1) is 18.5. The molecule has 0 aliphatic carbocycles. The van der Waals surface area contributed by atoms with Gasteiger partial charge >= 0.3 is 0 Å². The van der Waals surface area contributed by atoms with Gasteiger partial charge in [-0.3, -0.25) is 9.59 Å². The Morgan fingerprint density at radius 1 is 1.25 bits per heavy atom. The smallest absolute Gasteiger partial charge is 0.251 e. The topological polar surface area (TPSA) is 61.4 Å². The summed E-state index contributed by atoms with van der Waals surface area (Å²) in [5.41, 5.74) is 1.70. The van der Waals surface area contributed by atoms with Crippen molar-refractivity contribution >= 4 is 11.8 Å². The molecule has 1 fully saturated rings. The van der Waals surface area contributed by atoms with Gasteiger partial charge in [0.1, 0.15) is 6.04 Å². The van der Waals surface area contributed by atoms with E-state index in [1.165, 1.54) is 0 Å². The van der Waals surface area contributed by atoms with Gasteiger partial charge in [-0.1, -0.05) is 31.5 Å². The zero-order chi connectivity index (χ0) is 17.7. The molecule has 0 bridgehead atoms. The maximum Gasteiger partial charge on any atom is 0.251 e. The summed E-state index contributed by atoms with van der Waals surface area (Å²) < 4.78 is 0. The Morgan fingerprint density at radius 2 is 1.92 bits per heavy atom. The molecule has 1 saturated heterocycles. The number of nitrogens with one attached hydrogen (secondary N) is 2. The van der Waals surface area contributed by atoms with E-state index in [0.29, 0.717) is 11.5 Å². The Hall–Kier alpha value is -1.88. The summed E-state index contributed by atoms with van der Waals surface area (Å²) in [5.74, 6) is 0.395. The molecule has 2 unspecified atom stereocenters. The van der Waals surface area contributed by atoms with Gasteiger partial charge in [0.25, 0.3) is 5.91 Å². The van der Waals surface area contributed by atoms with Crippen LogP contribution in [0.1, 0.15) is 36.2 Å². The van der Waals surface area contributed by atoms with E-state index in [9.17, 15) is 9.59 Å². The van der Waals surface area contributed by atoms with Gasteiger partial charge in [-0.05, 0) is 50.9 Å². The molecule has 24 heavy (non-hydrogen) atoms. The summed E-state index contributed by atoms with van der Waals surface area (Å²) in [7, 11) is 1.93. The van der Waals surface area contributed by atoms with Crippen LogP contribution in [-0.4, -0.2) is 49.4 Å². The van der Waals surface area contributed by atoms with E-state index in [-0.39, 0.29) is 17.7 Å². The number of amides is 2. The van der Waals surface area contributed by atoms with Crippen LogP contribution in [0, 0.1) is 18.8 Å². The van der Waals surface area contributed by atoms with E-state index in [0.717, 1.165) is 31.6 Å². The van der Waals surface area contributed by atoms with Crippen molar-refractivity contribution < 1.29 is 9.59 Å². The maximum atomic E-state index is 12.8. The molecule has 1 aliphatic heterocycles. The van der Waals surface area contributed by atoms with Gasteiger partial charge in [0.05, 0.1) is 0 Å². The second-order valence-electron chi connectivity index (χ2n) is 7.06. The third kappa shape index (κ3) is 4.57. The summed E-state index contributed by atoms with van der Waals surface area (Å²) >= 11 is 0. The number of aryl methyl sites for hydroxylation is 1. The maximum absolute atomic E-state index is 12.8. The highest BCUT2D eigenvalue weighted by molar-refractivity contribution is 5.97. The molecule has 0 aromatic heterocycles. The lowest BCUT2D eigenvalue weighted by molar-refractivity contribution is -0.133. The number of hydrogen-bond donors (Lipinski definition) is 2. The van der Waals surface area contributed by atoms with Crippen molar-refractivity contribution in [2.75, 3.05) is 26.7 Å². The Bertz CT molecular complexity index is 568. The standard InChI is InChI=1S/C19H29N3O2/c1-13(2)17(19(24)22-10-9-15(12-22)11-20-4)21-18(23)16-7-5-14(3)6-8-16/h5-8,13,15,17,20H,9-12H2,1-4H3,(H,21,23). The molecule has 2 atom stereocenters. The van der Waals surface area contributed by atoms with E-state index < -0.39 is 6.04 Å². The molecular formula is C19H29N3O2. The molecule has 132 valence electrons. The molecule has 0 saturated carbocycles. The molecule has 2 rings (SSSR count). The van der Waals surface area contributed by atoms with E-state index in [1.807, 2.05) is 44.9 Å². The second kappa shape index (κ2) is 8.29. The molecule has 1 aromatic carbocycles. The first-order valence-electron chi connectivity index (χ1n) is 8.73. The van der Waals surface area contributed by atoms with Crippen LogP contribution < -0.4 is 10.6 Å². The highest BCUT2D eigenvalue weighted by atomic mass is 16.2. The monoisotopic (exact) mass is 331 g/mol. The van der Waals surface area contributed by atoms with Crippen LogP contribution in [0.3, 0.4) is 0 Å². The SMILES string of the molecule is CNCC1CCN(C(=O)C(NC(=O)c2ccc(C)cc2)C(C)C)C1. The molecular weight excluding hydrogens is 302 g/mol. The number of carbonyl (C=O) groups excluding carboxylic acids is 2. The average Bonchev–Trinajstić information content (AvgIpc) is 3.01. The average molecular weight is 331 g/mol. The third-order valence-electron chi connectivity index (χ3n) is 4.62. The normalized spacial score (nSPS) is 18.7. The van der Waals surface area contributed by atoms with Gasteiger partial charge < -0.3 is 15.5 Å². The predicted octanol–water partition coefficient (Wildman–Crippen LogP) is 1.82. The van der Waals surface area contributed by atoms with Crippen LogP contribution in [0.5, 0.6) is 0 Å². The van der Waals surface area contributed by atoms with Crippen molar-refractivity contribution in [3.05, 3.63) is 35.4 Å². The zero-order valence-electron chi connectivity index (χ0n) is 15.1. The Balaban J connectivity index is 2.02. The zero-order valence-corrected chi connectivity index (χ0v) is 15.1. The summed E-state index contributed by atoms with van der Waals surface area (Å²) in [5, 5.41) is 6.10. The van der Waals surface area contributed by atoms with Gasteiger partial charge in [-0.25, -0.2) is 0 Å². The van der Waals surface area contributed by atoms with Gasteiger partial charge in [-0.15, -0.1) is 0 Å². The molecule has 1 aliphatic rings. The summed E-state index contributed by atoms with van der Waals surface area (Å²) in [6.07, 6.45) is 1.02. The molecule has 0 radical (unpaired) electrons. The number of rotatable bonds is 6. The minimum atomic E-state index is -0.480. The molecule has 5 heteroatoms. The van der Waals surface area contributed by atoms with Crippen LogP contribution in [0.2, 0.25) is 0 Å². The second-order valence-corrected chi connectivity index (χ2v) is 7.06. The highest BCUT2D eigenvalue weighted by Gasteiger charge is 2.33. The Morgan fingerprint density at radius 3 is 2.50 bits per heavy atom. The van der Waals surface area contributed by atoms with E-state index >= 15 is 0 Å². The lowest BCUT2D eigenvalue weighted by Crippen LogP contribution is -2.50. The number of carbonyl (C=O) groups is 2. The largest absolute Gasteiger partial charge is 0.341 e. The Kier molecular flexibility index (Phi) is 6.37. The summed E-state index contributed by atoms with van der Waals surface area (Å²) in [6, 6.07) is 6.93. The van der Waals surface area contributed by atoms with Crippen molar-refractivity contribution in [1.82, 2.24) is 15.5 Å². The molecule has 1 heterocycles.